The fraction of sp³-hybridized carbons (Fsp3) is 0.667. The maximum atomic E-state index is 13.5. The second-order valence-electron chi connectivity index (χ2n) is 9.14. The normalized spacial score (nSPS) is 26.4. The number of nitrogens with zero attached hydrogens (tertiary/aromatic N) is 4. The van der Waals surface area contributed by atoms with Gasteiger partial charge in [-0.05, 0) is 37.0 Å². The first kappa shape index (κ1) is 25.0. The molecule has 0 saturated carbocycles. The highest BCUT2D eigenvalue weighted by atomic mass is 32.2. The molecule has 3 fully saturated rings. The highest BCUT2D eigenvalue weighted by Crippen LogP contribution is 2.29. The van der Waals surface area contributed by atoms with E-state index in [-0.39, 0.29) is 61.1 Å². The van der Waals surface area contributed by atoms with Gasteiger partial charge in [-0.15, -0.1) is 0 Å². The first-order valence-corrected chi connectivity index (χ1v) is 14.8. The van der Waals surface area contributed by atoms with Crippen molar-refractivity contribution in [3.8, 4) is 0 Å². The van der Waals surface area contributed by atoms with E-state index in [1.54, 1.807) is 11.0 Å². The third kappa shape index (κ3) is 5.26. The van der Waals surface area contributed by atoms with Gasteiger partial charge in [0, 0.05) is 57.9 Å². The molecule has 3 aliphatic rings. The van der Waals surface area contributed by atoms with E-state index in [2.05, 4.69) is 4.98 Å². The number of sulfonamides is 1. The summed E-state index contributed by atoms with van der Waals surface area (Å²) in [6.07, 6.45) is 3.77. The van der Waals surface area contributed by atoms with Crippen molar-refractivity contribution < 1.29 is 26.4 Å². The molecule has 0 spiro atoms. The largest absolute Gasteiger partial charge is 0.340 e. The third-order valence-corrected chi connectivity index (χ3v) is 10.2. The lowest BCUT2D eigenvalue weighted by atomic mass is 9.92. The number of hydrogen-bond acceptors (Lipinski definition) is 8. The molecule has 3 aliphatic heterocycles. The average molecular weight is 514 g/mol. The lowest BCUT2D eigenvalue weighted by Gasteiger charge is -2.44. The van der Waals surface area contributed by atoms with Crippen LogP contribution in [0.5, 0.6) is 0 Å². The summed E-state index contributed by atoms with van der Waals surface area (Å²) in [5.74, 6) is -1.18. The van der Waals surface area contributed by atoms with E-state index in [1.807, 2.05) is 0 Å². The third-order valence-electron chi connectivity index (χ3n) is 6.84. The van der Waals surface area contributed by atoms with E-state index in [0.717, 1.165) is 12.8 Å². The minimum Gasteiger partial charge on any atom is -0.340 e. The van der Waals surface area contributed by atoms with Gasteiger partial charge in [-0.2, -0.15) is 4.31 Å². The Kier molecular flexibility index (Phi) is 7.27. The molecule has 0 radical (unpaired) electrons. The van der Waals surface area contributed by atoms with Crippen LogP contribution >= 0.6 is 0 Å². The fourth-order valence-electron chi connectivity index (χ4n) is 4.89. The van der Waals surface area contributed by atoms with E-state index >= 15 is 0 Å². The van der Waals surface area contributed by atoms with Crippen molar-refractivity contribution >= 4 is 31.7 Å². The van der Waals surface area contributed by atoms with Gasteiger partial charge >= 0.3 is 0 Å². The molecule has 2 N–H and O–H groups in total. The molecule has 0 unspecified atom stereocenters. The quantitative estimate of drug-likeness (QED) is 0.537. The standard InChI is InChI=1S/C21H31N5O6S2/c22-13-16-4-5-23-19(11-16)34(31,32)25-14-17(21(28)24-7-9-33(29,30)10-8-24)12-18(15-25)26-6-2-1-3-20(26)27/h4-5,11,17-18H,1-3,6-10,12-15,22H2/t17-,18+/m1/s1. The van der Waals surface area contributed by atoms with Crippen LogP contribution in [-0.2, 0) is 36.0 Å². The minimum atomic E-state index is -4.04. The summed E-state index contributed by atoms with van der Waals surface area (Å²) < 4.78 is 51.9. The highest BCUT2D eigenvalue weighted by molar-refractivity contribution is 7.91. The lowest BCUT2D eigenvalue weighted by molar-refractivity contribution is -0.142. The van der Waals surface area contributed by atoms with Crippen molar-refractivity contribution in [3.63, 3.8) is 0 Å². The number of aromatic nitrogens is 1. The summed E-state index contributed by atoms with van der Waals surface area (Å²) in [5.41, 5.74) is 6.29. The van der Waals surface area contributed by atoms with Crippen LogP contribution in [0.1, 0.15) is 31.2 Å². The Morgan fingerprint density at radius 2 is 1.88 bits per heavy atom. The number of carbonyl (C=O) groups excluding carboxylic acids is 2. The number of carbonyl (C=O) groups is 2. The topological polar surface area (TPSA) is 151 Å². The monoisotopic (exact) mass is 513 g/mol. The van der Waals surface area contributed by atoms with Gasteiger partial charge in [-0.25, -0.2) is 21.8 Å². The molecule has 1 aromatic rings. The summed E-state index contributed by atoms with van der Waals surface area (Å²) in [7, 11) is -7.20. The van der Waals surface area contributed by atoms with Crippen LogP contribution < -0.4 is 5.73 Å². The van der Waals surface area contributed by atoms with Crippen LogP contribution in [0.2, 0.25) is 0 Å². The number of piperidine rings is 2. The van der Waals surface area contributed by atoms with Crippen LogP contribution in [0, 0.1) is 5.92 Å². The van der Waals surface area contributed by atoms with Crippen molar-refractivity contribution in [1.82, 2.24) is 19.1 Å². The molecular weight excluding hydrogens is 482 g/mol. The van der Waals surface area contributed by atoms with Gasteiger partial charge in [0.1, 0.15) is 0 Å². The number of rotatable bonds is 5. The van der Waals surface area contributed by atoms with E-state index in [1.165, 1.54) is 21.5 Å². The van der Waals surface area contributed by atoms with Gasteiger partial charge in [-0.3, -0.25) is 9.59 Å². The predicted molar refractivity (Wildman–Crippen MR) is 124 cm³/mol. The molecule has 13 heteroatoms. The Hall–Kier alpha value is -2.09. The molecule has 1 aromatic heterocycles. The maximum absolute atomic E-state index is 13.5. The first-order chi connectivity index (χ1) is 16.1. The van der Waals surface area contributed by atoms with Crippen LogP contribution in [-0.4, -0.2) is 98.0 Å². The van der Waals surface area contributed by atoms with Crippen molar-refractivity contribution in [1.29, 1.82) is 0 Å². The van der Waals surface area contributed by atoms with Crippen LogP contribution in [0.15, 0.2) is 23.4 Å². The zero-order valence-corrected chi connectivity index (χ0v) is 20.6. The number of sulfone groups is 1. The smallest absolute Gasteiger partial charge is 0.260 e. The summed E-state index contributed by atoms with van der Waals surface area (Å²) in [4.78, 5) is 33.2. The van der Waals surface area contributed by atoms with E-state index in [9.17, 15) is 26.4 Å². The molecule has 4 heterocycles. The summed E-state index contributed by atoms with van der Waals surface area (Å²) in [5, 5.41) is -0.142. The van der Waals surface area contributed by atoms with Crippen molar-refractivity contribution in [2.24, 2.45) is 11.7 Å². The molecular formula is C21H31N5O6S2. The van der Waals surface area contributed by atoms with Gasteiger partial charge in [0.05, 0.1) is 17.4 Å². The second kappa shape index (κ2) is 9.88. The Morgan fingerprint density at radius 3 is 2.56 bits per heavy atom. The molecule has 3 saturated heterocycles. The minimum absolute atomic E-state index is 0.0333. The zero-order valence-electron chi connectivity index (χ0n) is 19.0. The number of nitrogens with two attached hydrogens (primary N) is 1. The van der Waals surface area contributed by atoms with Gasteiger partial charge in [0.15, 0.2) is 14.9 Å². The number of likely N-dealkylation sites (tertiary alicyclic amines) is 1. The van der Waals surface area contributed by atoms with Gasteiger partial charge in [0.2, 0.25) is 11.8 Å². The van der Waals surface area contributed by atoms with Crippen LogP contribution in [0.3, 0.4) is 0 Å². The molecule has 0 aromatic carbocycles. The average Bonchev–Trinajstić information content (AvgIpc) is 2.83. The Morgan fingerprint density at radius 1 is 1.15 bits per heavy atom. The molecule has 188 valence electrons. The van der Waals surface area contributed by atoms with Gasteiger partial charge < -0.3 is 15.5 Å². The van der Waals surface area contributed by atoms with E-state index in [0.29, 0.717) is 24.9 Å². The van der Waals surface area contributed by atoms with Crippen molar-refractivity contribution in [3.05, 3.63) is 23.9 Å². The summed E-state index contributed by atoms with van der Waals surface area (Å²) >= 11 is 0. The van der Waals surface area contributed by atoms with Crippen molar-refractivity contribution in [2.45, 2.75) is 43.3 Å². The van der Waals surface area contributed by atoms with Crippen LogP contribution in [0.25, 0.3) is 0 Å². The number of pyridine rings is 1. The first-order valence-electron chi connectivity index (χ1n) is 11.5. The molecule has 2 amide bonds. The van der Waals surface area contributed by atoms with Gasteiger partial charge in [0.25, 0.3) is 10.0 Å². The Bertz CT molecular complexity index is 1140. The summed E-state index contributed by atoms with van der Waals surface area (Å²) in [6.45, 7) is 0.921. The van der Waals surface area contributed by atoms with Gasteiger partial charge in [-0.1, -0.05) is 0 Å². The molecule has 11 nitrogen and oxygen atoms in total. The zero-order chi connectivity index (χ0) is 24.5. The predicted octanol–water partition coefficient (Wildman–Crippen LogP) is -0.811. The molecule has 4 rings (SSSR count). The lowest BCUT2D eigenvalue weighted by Crippen LogP contribution is -2.58. The van der Waals surface area contributed by atoms with E-state index < -0.39 is 31.8 Å². The molecule has 2 atom stereocenters. The number of hydrogen-bond donors (Lipinski definition) is 1. The van der Waals surface area contributed by atoms with E-state index in [4.69, 9.17) is 5.73 Å². The Labute approximate surface area is 200 Å². The SMILES string of the molecule is NCc1ccnc(S(=O)(=O)N2C[C@H](C(=O)N3CCS(=O)(=O)CC3)C[C@H](N3CCCCC3=O)C2)c1. The van der Waals surface area contributed by atoms with Crippen molar-refractivity contribution in [2.75, 3.05) is 44.2 Å². The molecule has 0 aliphatic carbocycles. The number of amides is 2. The Balaban J connectivity index is 1.61. The summed E-state index contributed by atoms with van der Waals surface area (Å²) in [6, 6.07) is 2.63. The second-order valence-corrected chi connectivity index (χ2v) is 13.3. The maximum Gasteiger partial charge on any atom is 0.260 e. The molecule has 0 bridgehead atoms. The highest BCUT2D eigenvalue weighted by Gasteiger charge is 2.43. The molecule has 34 heavy (non-hydrogen) atoms. The van der Waals surface area contributed by atoms with Crippen LogP contribution in [0.4, 0.5) is 0 Å². The fourth-order valence-corrected chi connectivity index (χ4v) is 7.59.